The number of hydrogen-bond donors (Lipinski definition) is 1. The summed E-state index contributed by atoms with van der Waals surface area (Å²) in [5.74, 6) is 1.08. The first-order valence-electron chi connectivity index (χ1n) is 6.78. The summed E-state index contributed by atoms with van der Waals surface area (Å²) < 4.78 is 5.39. The van der Waals surface area contributed by atoms with Gasteiger partial charge in [-0.3, -0.25) is 0 Å². The number of nitrogens with zero attached hydrogens (tertiary/aromatic N) is 1. The number of furan rings is 1. The zero-order chi connectivity index (χ0) is 12.1. The van der Waals surface area contributed by atoms with Crippen LogP contribution in [0.1, 0.15) is 32.4 Å². The van der Waals surface area contributed by atoms with E-state index < -0.39 is 0 Å². The Morgan fingerprint density at radius 1 is 1.59 bits per heavy atom. The zero-order valence-corrected chi connectivity index (χ0v) is 11.0. The van der Waals surface area contributed by atoms with E-state index in [2.05, 4.69) is 30.1 Å². The minimum Gasteiger partial charge on any atom is -0.469 e. The number of likely N-dealkylation sites (tertiary alicyclic amines) is 1. The van der Waals surface area contributed by atoms with Crippen molar-refractivity contribution in [3.8, 4) is 0 Å². The maximum atomic E-state index is 5.39. The smallest absolute Gasteiger partial charge is 0.105 e. The summed E-state index contributed by atoms with van der Waals surface area (Å²) in [6.45, 7) is 8.12. The van der Waals surface area contributed by atoms with Crippen LogP contribution >= 0.6 is 0 Å². The van der Waals surface area contributed by atoms with E-state index in [9.17, 15) is 0 Å². The standard InChI is InChI=1S/C14H24N2O/c1-3-16-8-4-6-13(11-16)15-12(2)10-14-7-5-9-17-14/h5,7,9,12-13,15H,3-4,6,8,10-11H2,1-2H3. The normalized spacial score (nSPS) is 23.8. The highest BCUT2D eigenvalue weighted by Crippen LogP contribution is 2.11. The maximum Gasteiger partial charge on any atom is 0.105 e. The lowest BCUT2D eigenvalue weighted by Gasteiger charge is -2.34. The number of rotatable bonds is 5. The Bertz CT molecular complexity index is 310. The van der Waals surface area contributed by atoms with E-state index in [0.717, 1.165) is 12.2 Å². The molecular weight excluding hydrogens is 212 g/mol. The van der Waals surface area contributed by atoms with Gasteiger partial charge in [-0.1, -0.05) is 6.92 Å². The van der Waals surface area contributed by atoms with Gasteiger partial charge in [-0.05, 0) is 45.0 Å². The average molecular weight is 236 g/mol. The fourth-order valence-electron chi connectivity index (χ4n) is 2.67. The van der Waals surface area contributed by atoms with Gasteiger partial charge in [0.25, 0.3) is 0 Å². The highest BCUT2D eigenvalue weighted by atomic mass is 16.3. The van der Waals surface area contributed by atoms with Crippen molar-refractivity contribution >= 4 is 0 Å². The molecule has 1 saturated heterocycles. The average Bonchev–Trinajstić information content (AvgIpc) is 2.82. The molecule has 0 aromatic carbocycles. The van der Waals surface area contributed by atoms with Crippen LogP contribution in [0.4, 0.5) is 0 Å². The van der Waals surface area contributed by atoms with E-state index in [1.54, 1.807) is 6.26 Å². The number of hydrogen-bond acceptors (Lipinski definition) is 3. The lowest BCUT2D eigenvalue weighted by molar-refractivity contribution is 0.191. The third kappa shape index (κ3) is 3.86. The molecule has 1 aliphatic rings. The quantitative estimate of drug-likeness (QED) is 0.850. The molecule has 0 spiro atoms. The first kappa shape index (κ1) is 12.7. The molecule has 0 amide bonds. The van der Waals surface area contributed by atoms with Crippen LogP contribution in [0, 0.1) is 0 Å². The second-order valence-corrected chi connectivity index (χ2v) is 5.08. The van der Waals surface area contributed by atoms with Crippen molar-refractivity contribution < 1.29 is 4.42 Å². The molecule has 0 saturated carbocycles. The van der Waals surface area contributed by atoms with Crippen LogP contribution in [-0.2, 0) is 6.42 Å². The second-order valence-electron chi connectivity index (χ2n) is 5.08. The van der Waals surface area contributed by atoms with Crippen LogP contribution in [0.5, 0.6) is 0 Å². The molecule has 1 aromatic heterocycles. The molecule has 2 atom stereocenters. The molecule has 1 aromatic rings. The lowest BCUT2D eigenvalue weighted by Crippen LogP contribution is -2.48. The molecule has 0 aliphatic carbocycles. The Balaban J connectivity index is 1.76. The minimum atomic E-state index is 0.489. The third-order valence-corrected chi connectivity index (χ3v) is 3.56. The fraction of sp³-hybridized carbons (Fsp3) is 0.714. The Labute approximate surface area is 104 Å². The van der Waals surface area contributed by atoms with Crippen molar-refractivity contribution in [1.29, 1.82) is 0 Å². The molecule has 1 aliphatic heterocycles. The summed E-state index contributed by atoms with van der Waals surface area (Å²) in [5.41, 5.74) is 0. The highest BCUT2D eigenvalue weighted by molar-refractivity contribution is 5.00. The van der Waals surface area contributed by atoms with Crippen LogP contribution < -0.4 is 5.32 Å². The molecule has 0 bridgehead atoms. The van der Waals surface area contributed by atoms with Gasteiger partial charge in [0, 0.05) is 25.0 Å². The van der Waals surface area contributed by atoms with Crippen LogP contribution in [0.2, 0.25) is 0 Å². The van der Waals surface area contributed by atoms with E-state index in [-0.39, 0.29) is 0 Å². The summed E-state index contributed by atoms with van der Waals surface area (Å²) in [7, 11) is 0. The van der Waals surface area contributed by atoms with Gasteiger partial charge in [-0.25, -0.2) is 0 Å². The maximum absolute atomic E-state index is 5.39. The van der Waals surface area contributed by atoms with E-state index in [1.807, 2.05) is 6.07 Å². The first-order valence-corrected chi connectivity index (χ1v) is 6.78. The third-order valence-electron chi connectivity index (χ3n) is 3.56. The minimum absolute atomic E-state index is 0.489. The van der Waals surface area contributed by atoms with E-state index in [4.69, 9.17) is 4.42 Å². The van der Waals surface area contributed by atoms with Crippen LogP contribution in [0.25, 0.3) is 0 Å². The largest absolute Gasteiger partial charge is 0.469 e. The van der Waals surface area contributed by atoms with Crippen LogP contribution in [0.3, 0.4) is 0 Å². The summed E-state index contributed by atoms with van der Waals surface area (Å²) in [6.07, 6.45) is 5.36. The van der Waals surface area contributed by atoms with Gasteiger partial charge in [-0.2, -0.15) is 0 Å². The van der Waals surface area contributed by atoms with Gasteiger partial charge in [0.15, 0.2) is 0 Å². The van der Waals surface area contributed by atoms with Gasteiger partial charge in [0.2, 0.25) is 0 Å². The second kappa shape index (κ2) is 6.22. The Hall–Kier alpha value is -0.800. The molecule has 1 fully saturated rings. The topological polar surface area (TPSA) is 28.4 Å². The number of likely N-dealkylation sites (N-methyl/N-ethyl adjacent to an activating group) is 1. The SMILES string of the molecule is CCN1CCCC(NC(C)Cc2ccco2)C1. The van der Waals surface area contributed by atoms with Crippen molar-refractivity contribution in [3.63, 3.8) is 0 Å². The Morgan fingerprint density at radius 3 is 3.18 bits per heavy atom. The van der Waals surface area contributed by atoms with Crippen LogP contribution in [0.15, 0.2) is 22.8 Å². The molecular formula is C14H24N2O. The van der Waals surface area contributed by atoms with E-state index >= 15 is 0 Å². The number of nitrogens with one attached hydrogen (secondary N) is 1. The molecule has 2 heterocycles. The van der Waals surface area contributed by atoms with E-state index in [1.165, 1.54) is 32.5 Å². The zero-order valence-electron chi connectivity index (χ0n) is 11.0. The van der Waals surface area contributed by atoms with Gasteiger partial charge in [0.05, 0.1) is 6.26 Å². The molecule has 3 heteroatoms. The molecule has 3 nitrogen and oxygen atoms in total. The molecule has 1 N–H and O–H groups in total. The van der Waals surface area contributed by atoms with Crippen molar-refractivity contribution in [1.82, 2.24) is 10.2 Å². The summed E-state index contributed by atoms with van der Waals surface area (Å²) in [4.78, 5) is 2.53. The van der Waals surface area contributed by atoms with Gasteiger partial charge >= 0.3 is 0 Å². The van der Waals surface area contributed by atoms with Crippen molar-refractivity contribution in [2.75, 3.05) is 19.6 Å². The summed E-state index contributed by atoms with van der Waals surface area (Å²) >= 11 is 0. The molecule has 96 valence electrons. The predicted molar refractivity (Wildman–Crippen MR) is 70.1 cm³/mol. The van der Waals surface area contributed by atoms with Crippen molar-refractivity contribution in [2.24, 2.45) is 0 Å². The highest BCUT2D eigenvalue weighted by Gasteiger charge is 2.20. The Kier molecular flexibility index (Phi) is 4.63. The number of piperidine rings is 1. The van der Waals surface area contributed by atoms with Gasteiger partial charge in [0.1, 0.15) is 5.76 Å². The first-order chi connectivity index (χ1) is 8.28. The van der Waals surface area contributed by atoms with Crippen LogP contribution in [-0.4, -0.2) is 36.6 Å². The van der Waals surface area contributed by atoms with Gasteiger partial charge in [-0.15, -0.1) is 0 Å². The van der Waals surface area contributed by atoms with Crippen molar-refractivity contribution in [3.05, 3.63) is 24.2 Å². The van der Waals surface area contributed by atoms with E-state index in [0.29, 0.717) is 12.1 Å². The lowest BCUT2D eigenvalue weighted by atomic mass is 10.0. The summed E-state index contributed by atoms with van der Waals surface area (Å²) in [5, 5.41) is 3.72. The summed E-state index contributed by atoms with van der Waals surface area (Å²) in [6, 6.07) is 5.15. The van der Waals surface area contributed by atoms with Crippen molar-refractivity contribution in [2.45, 2.75) is 45.2 Å². The molecule has 17 heavy (non-hydrogen) atoms. The molecule has 2 unspecified atom stereocenters. The molecule has 2 rings (SSSR count). The Morgan fingerprint density at radius 2 is 2.47 bits per heavy atom. The molecule has 0 radical (unpaired) electrons. The predicted octanol–water partition coefficient (Wildman–Crippen LogP) is 2.28. The van der Waals surface area contributed by atoms with Gasteiger partial charge < -0.3 is 14.6 Å². The fourth-order valence-corrected chi connectivity index (χ4v) is 2.67. The monoisotopic (exact) mass is 236 g/mol.